The minimum Gasteiger partial charge on any atom is -0.493 e. The summed E-state index contributed by atoms with van der Waals surface area (Å²) in [5.74, 6) is 1.40. The average Bonchev–Trinajstić information content (AvgIpc) is 2.82. The Morgan fingerprint density at radius 3 is 2.92 bits per heavy atom. The van der Waals surface area contributed by atoms with E-state index in [9.17, 15) is 4.79 Å². The van der Waals surface area contributed by atoms with Crippen molar-refractivity contribution in [2.45, 2.75) is 53.1 Å². The lowest BCUT2D eigenvalue weighted by atomic mass is 10.00. The standard InChI is InChI=1S/C20H26BrN3O2/c1-12(2)11-24-14(4)16(13(3)23-24)10-20(25)22-18-7-8-26-19-6-5-15(21)9-17(18)19/h5-6,9,12,18H,7-8,10-11H2,1-4H3,(H,22,25). The average molecular weight is 420 g/mol. The number of nitrogens with one attached hydrogen (secondary N) is 1. The molecule has 26 heavy (non-hydrogen) atoms. The number of fused-ring (bicyclic) bond motifs is 1. The smallest absolute Gasteiger partial charge is 0.225 e. The molecule has 1 N–H and O–H groups in total. The van der Waals surface area contributed by atoms with E-state index in [0.29, 0.717) is 18.9 Å². The second kappa shape index (κ2) is 7.82. The maximum Gasteiger partial charge on any atom is 0.225 e. The van der Waals surface area contributed by atoms with Gasteiger partial charge >= 0.3 is 0 Å². The number of hydrogen-bond acceptors (Lipinski definition) is 3. The molecule has 140 valence electrons. The van der Waals surface area contributed by atoms with Gasteiger partial charge in [0.2, 0.25) is 5.91 Å². The number of halogens is 1. The third-order valence-electron chi connectivity index (χ3n) is 4.75. The third-order valence-corrected chi connectivity index (χ3v) is 5.25. The van der Waals surface area contributed by atoms with Crippen LogP contribution in [0.2, 0.25) is 0 Å². The van der Waals surface area contributed by atoms with E-state index in [-0.39, 0.29) is 11.9 Å². The first-order valence-electron chi connectivity index (χ1n) is 9.09. The molecule has 0 spiro atoms. The zero-order chi connectivity index (χ0) is 18.8. The van der Waals surface area contributed by atoms with E-state index in [1.54, 1.807) is 0 Å². The van der Waals surface area contributed by atoms with Gasteiger partial charge in [0.15, 0.2) is 0 Å². The number of ether oxygens (including phenoxy) is 1. The lowest BCUT2D eigenvalue weighted by Gasteiger charge is -2.27. The highest BCUT2D eigenvalue weighted by molar-refractivity contribution is 9.10. The van der Waals surface area contributed by atoms with Crippen molar-refractivity contribution in [3.05, 3.63) is 45.2 Å². The highest BCUT2D eigenvalue weighted by Crippen LogP contribution is 2.34. The van der Waals surface area contributed by atoms with Crippen LogP contribution >= 0.6 is 15.9 Å². The van der Waals surface area contributed by atoms with Crippen LogP contribution in [-0.4, -0.2) is 22.3 Å². The van der Waals surface area contributed by atoms with Gasteiger partial charge in [-0.15, -0.1) is 0 Å². The highest BCUT2D eigenvalue weighted by Gasteiger charge is 2.24. The van der Waals surface area contributed by atoms with Crippen molar-refractivity contribution >= 4 is 21.8 Å². The quantitative estimate of drug-likeness (QED) is 0.793. The molecule has 1 aliphatic heterocycles. The van der Waals surface area contributed by atoms with Gasteiger partial charge in [-0.2, -0.15) is 5.10 Å². The van der Waals surface area contributed by atoms with Gasteiger partial charge in [-0.25, -0.2) is 0 Å². The summed E-state index contributed by atoms with van der Waals surface area (Å²) in [7, 11) is 0. The van der Waals surface area contributed by atoms with Gasteiger partial charge in [0.25, 0.3) is 0 Å². The number of amides is 1. The summed E-state index contributed by atoms with van der Waals surface area (Å²) in [6.45, 7) is 9.85. The molecular weight excluding hydrogens is 394 g/mol. The molecule has 0 fully saturated rings. The summed E-state index contributed by atoms with van der Waals surface area (Å²) in [6, 6.07) is 5.91. The molecule has 1 amide bonds. The topological polar surface area (TPSA) is 56.2 Å². The fourth-order valence-electron chi connectivity index (χ4n) is 3.43. The number of hydrogen-bond donors (Lipinski definition) is 1. The van der Waals surface area contributed by atoms with Crippen LogP contribution in [0, 0.1) is 19.8 Å². The van der Waals surface area contributed by atoms with Crippen LogP contribution in [0.5, 0.6) is 5.75 Å². The van der Waals surface area contributed by atoms with Crippen molar-refractivity contribution in [3.63, 3.8) is 0 Å². The zero-order valence-corrected chi connectivity index (χ0v) is 17.4. The minimum absolute atomic E-state index is 0.0185. The molecule has 0 aliphatic carbocycles. The molecule has 0 radical (unpaired) electrons. The number of benzene rings is 1. The lowest BCUT2D eigenvalue weighted by Crippen LogP contribution is -2.33. The van der Waals surface area contributed by atoms with Crippen LogP contribution in [0.3, 0.4) is 0 Å². The summed E-state index contributed by atoms with van der Waals surface area (Å²) in [4.78, 5) is 12.7. The molecule has 3 rings (SSSR count). The van der Waals surface area contributed by atoms with E-state index in [2.05, 4.69) is 40.2 Å². The van der Waals surface area contributed by atoms with E-state index in [4.69, 9.17) is 4.74 Å². The first-order valence-corrected chi connectivity index (χ1v) is 9.89. The van der Waals surface area contributed by atoms with Gasteiger partial charge in [0.1, 0.15) is 5.75 Å². The number of aryl methyl sites for hydroxylation is 1. The summed E-state index contributed by atoms with van der Waals surface area (Å²) >= 11 is 3.50. The number of carbonyl (C=O) groups excluding carboxylic acids is 1. The molecule has 1 aromatic heterocycles. The van der Waals surface area contributed by atoms with Crippen LogP contribution in [0.1, 0.15) is 48.8 Å². The van der Waals surface area contributed by atoms with Crippen LogP contribution in [0.15, 0.2) is 22.7 Å². The van der Waals surface area contributed by atoms with Gasteiger partial charge in [0.05, 0.1) is 24.8 Å². The van der Waals surface area contributed by atoms with Gasteiger partial charge in [-0.3, -0.25) is 9.48 Å². The maximum atomic E-state index is 12.7. The Morgan fingerprint density at radius 1 is 1.42 bits per heavy atom. The van der Waals surface area contributed by atoms with Crippen molar-refractivity contribution in [1.82, 2.24) is 15.1 Å². The second-order valence-electron chi connectivity index (χ2n) is 7.34. The van der Waals surface area contributed by atoms with Gasteiger partial charge in [0, 0.05) is 34.3 Å². The SMILES string of the molecule is Cc1nn(CC(C)C)c(C)c1CC(=O)NC1CCOc2ccc(Br)cc21. The van der Waals surface area contributed by atoms with Crippen LogP contribution in [0.25, 0.3) is 0 Å². The Hall–Kier alpha value is -1.82. The van der Waals surface area contributed by atoms with E-state index in [0.717, 1.165) is 45.7 Å². The molecule has 6 heteroatoms. The third kappa shape index (κ3) is 4.11. The molecule has 0 saturated carbocycles. The summed E-state index contributed by atoms with van der Waals surface area (Å²) < 4.78 is 8.71. The Bertz CT molecular complexity index is 814. The number of aromatic nitrogens is 2. The first-order chi connectivity index (χ1) is 12.3. The molecular formula is C20H26BrN3O2. The fourth-order valence-corrected chi connectivity index (χ4v) is 3.81. The lowest BCUT2D eigenvalue weighted by molar-refractivity contribution is -0.121. The summed E-state index contributed by atoms with van der Waals surface area (Å²) in [5, 5.41) is 7.79. The predicted molar refractivity (Wildman–Crippen MR) is 105 cm³/mol. The van der Waals surface area contributed by atoms with E-state index in [1.807, 2.05) is 36.7 Å². The molecule has 1 aromatic carbocycles. The van der Waals surface area contributed by atoms with Crippen LogP contribution < -0.4 is 10.1 Å². The summed E-state index contributed by atoms with van der Waals surface area (Å²) in [6.07, 6.45) is 1.14. The molecule has 1 atom stereocenters. The monoisotopic (exact) mass is 419 g/mol. The fraction of sp³-hybridized carbons (Fsp3) is 0.500. The van der Waals surface area contributed by atoms with E-state index in [1.165, 1.54) is 0 Å². The number of rotatable bonds is 5. The van der Waals surface area contributed by atoms with Crippen LogP contribution in [-0.2, 0) is 17.8 Å². The van der Waals surface area contributed by atoms with E-state index < -0.39 is 0 Å². The number of carbonyl (C=O) groups is 1. The van der Waals surface area contributed by atoms with Crippen molar-refractivity contribution in [2.75, 3.05) is 6.61 Å². The van der Waals surface area contributed by atoms with Crippen molar-refractivity contribution < 1.29 is 9.53 Å². The second-order valence-corrected chi connectivity index (χ2v) is 8.26. The van der Waals surface area contributed by atoms with Gasteiger partial charge in [-0.1, -0.05) is 29.8 Å². The molecule has 0 saturated heterocycles. The molecule has 5 nitrogen and oxygen atoms in total. The molecule has 2 aromatic rings. The summed E-state index contributed by atoms with van der Waals surface area (Å²) in [5.41, 5.74) is 4.09. The van der Waals surface area contributed by atoms with Crippen LogP contribution in [0.4, 0.5) is 0 Å². The maximum absolute atomic E-state index is 12.7. The van der Waals surface area contributed by atoms with Crippen molar-refractivity contribution in [3.8, 4) is 5.75 Å². The van der Waals surface area contributed by atoms with E-state index >= 15 is 0 Å². The Balaban J connectivity index is 1.73. The highest BCUT2D eigenvalue weighted by atomic mass is 79.9. The van der Waals surface area contributed by atoms with Gasteiger partial charge < -0.3 is 10.1 Å². The van der Waals surface area contributed by atoms with Crippen molar-refractivity contribution in [1.29, 1.82) is 0 Å². The normalized spacial score (nSPS) is 16.3. The van der Waals surface area contributed by atoms with Crippen molar-refractivity contribution in [2.24, 2.45) is 5.92 Å². The Kier molecular flexibility index (Phi) is 5.70. The number of nitrogens with zero attached hydrogens (tertiary/aromatic N) is 2. The predicted octanol–water partition coefficient (Wildman–Crippen LogP) is 4.10. The van der Waals surface area contributed by atoms with Gasteiger partial charge in [-0.05, 0) is 38.0 Å². The molecule has 0 bridgehead atoms. The largest absolute Gasteiger partial charge is 0.493 e. The zero-order valence-electron chi connectivity index (χ0n) is 15.8. The minimum atomic E-state index is -0.0185. The Morgan fingerprint density at radius 2 is 2.19 bits per heavy atom. The molecule has 1 aliphatic rings. The molecule has 1 unspecified atom stereocenters. The Labute approximate surface area is 163 Å². The molecule has 2 heterocycles. The first kappa shape index (κ1) is 19.0.